The molecule has 5 aromatic carbocycles. The minimum Gasteiger partial charge on any atom is -0.232 e. The summed E-state index contributed by atoms with van der Waals surface area (Å²) in [7, 11) is 0. The second-order valence-electron chi connectivity index (χ2n) is 9.93. The lowest BCUT2D eigenvalue weighted by molar-refractivity contribution is 0.549. The highest BCUT2D eigenvalue weighted by molar-refractivity contribution is 6.09. The summed E-state index contributed by atoms with van der Waals surface area (Å²) in [5.41, 5.74) is 5.43. The molecule has 6 aromatic rings. The molecule has 0 aliphatic heterocycles. The highest BCUT2D eigenvalue weighted by Gasteiger charge is 2.21. The molecule has 0 bridgehead atoms. The first-order valence-electron chi connectivity index (χ1n) is 11.8. The van der Waals surface area contributed by atoms with Crippen molar-refractivity contribution in [3.63, 3.8) is 0 Å². The second-order valence-corrected chi connectivity index (χ2v) is 9.93. The summed E-state index contributed by atoms with van der Waals surface area (Å²) in [6.45, 7) is 6.52. The van der Waals surface area contributed by atoms with E-state index in [1.165, 1.54) is 32.7 Å². The molecule has 2 nitrogen and oxygen atoms in total. The summed E-state index contributed by atoms with van der Waals surface area (Å²) in [4.78, 5) is 10.1. The summed E-state index contributed by atoms with van der Waals surface area (Å²) in [6, 6.07) is 36.6. The molecular formula is C32H26N2. The first-order valence-corrected chi connectivity index (χ1v) is 11.8. The molecular weight excluding hydrogens is 412 g/mol. The van der Waals surface area contributed by atoms with Crippen LogP contribution in [0.2, 0.25) is 0 Å². The molecule has 0 saturated heterocycles. The Labute approximate surface area is 199 Å². The molecule has 0 fully saturated rings. The Balaban J connectivity index is 1.55. The van der Waals surface area contributed by atoms with Gasteiger partial charge in [0.2, 0.25) is 0 Å². The van der Waals surface area contributed by atoms with E-state index in [4.69, 9.17) is 9.97 Å². The molecule has 0 aliphatic rings. The number of nitrogens with zero attached hydrogens (tertiary/aromatic N) is 2. The molecule has 1 aromatic heterocycles. The molecule has 0 N–H and O–H groups in total. The van der Waals surface area contributed by atoms with Crippen molar-refractivity contribution in [3.8, 4) is 22.4 Å². The van der Waals surface area contributed by atoms with Crippen molar-refractivity contribution in [1.29, 1.82) is 0 Å². The predicted molar refractivity (Wildman–Crippen MR) is 144 cm³/mol. The fourth-order valence-corrected chi connectivity index (χ4v) is 4.70. The van der Waals surface area contributed by atoms with Crippen molar-refractivity contribution in [2.75, 3.05) is 0 Å². The van der Waals surface area contributed by atoms with Crippen LogP contribution in [-0.2, 0) is 5.41 Å². The van der Waals surface area contributed by atoms with E-state index in [1.807, 2.05) is 0 Å². The van der Waals surface area contributed by atoms with Crippen molar-refractivity contribution in [1.82, 2.24) is 9.97 Å². The number of hydrogen-bond acceptors (Lipinski definition) is 2. The van der Waals surface area contributed by atoms with E-state index in [2.05, 4.69) is 124 Å². The standard InChI is InChI=1S/C32H26N2/c1-32(2,3)31-33-29(28-20-19-22-10-5-7-13-27(22)30(28)34-31)24-17-15-23(16-18-24)26-14-8-11-21-9-4-6-12-25(21)26/h4-20H,1-3H3. The van der Waals surface area contributed by atoms with Crippen LogP contribution < -0.4 is 0 Å². The van der Waals surface area contributed by atoms with Gasteiger partial charge in [0.1, 0.15) is 5.82 Å². The predicted octanol–water partition coefficient (Wildman–Crippen LogP) is 8.57. The minimum atomic E-state index is -0.150. The highest BCUT2D eigenvalue weighted by Crippen LogP contribution is 2.35. The third-order valence-electron chi connectivity index (χ3n) is 6.52. The van der Waals surface area contributed by atoms with Crippen LogP contribution >= 0.6 is 0 Å². The average molecular weight is 439 g/mol. The van der Waals surface area contributed by atoms with Gasteiger partial charge in [-0.15, -0.1) is 0 Å². The monoisotopic (exact) mass is 438 g/mol. The third-order valence-corrected chi connectivity index (χ3v) is 6.52. The first kappa shape index (κ1) is 20.6. The first-order chi connectivity index (χ1) is 16.5. The van der Waals surface area contributed by atoms with Gasteiger partial charge in [0.15, 0.2) is 0 Å². The van der Waals surface area contributed by atoms with Gasteiger partial charge < -0.3 is 0 Å². The lowest BCUT2D eigenvalue weighted by atomic mass is 9.93. The third kappa shape index (κ3) is 3.43. The normalized spacial score (nSPS) is 12.0. The largest absolute Gasteiger partial charge is 0.232 e. The summed E-state index contributed by atoms with van der Waals surface area (Å²) >= 11 is 0. The Morgan fingerprint density at radius 2 is 1.12 bits per heavy atom. The highest BCUT2D eigenvalue weighted by atomic mass is 14.9. The molecule has 164 valence electrons. The van der Waals surface area contributed by atoms with Crippen LogP contribution in [0.15, 0.2) is 103 Å². The summed E-state index contributed by atoms with van der Waals surface area (Å²) < 4.78 is 0. The Morgan fingerprint density at radius 1 is 0.500 bits per heavy atom. The lowest BCUT2D eigenvalue weighted by Crippen LogP contribution is -2.16. The molecule has 1 heterocycles. The fraction of sp³-hybridized carbons (Fsp3) is 0.125. The fourth-order valence-electron chi connectivity index (χ4n) is 4.70. The van der Waals surface area contributed by atoms with Crippen molar-refractivity contribution >= 4 is 32.4 Å². The zero-order chi connectivity index (χ0) is 23.3. The van der Waals surface area contributed by atoms with E-state index in [1.54, 1.807) is 0 Å². The van der Waals surface area contributed by atoms with Crippen LogP contribution in [0.4, 0.5) is 0 Å². The van der Waals surface area contributed by atoms with Crippen molar-refractivity contribution in [2.45, 2.75) is 26.2 Å². The van der Waals surface area contributed by atoms with Gasteiger partial charge in [-0.3, -0.25) is 0 Å². The number of rotatable bonds is 2. The van der Waals surface area contributed by atoms with Gasteiger partial charge in [-0.1, -0.05) is 118 Å². The van der Waals surface area contributed by atoms with Crippen LogP contribution in [0.3, 0.4) is 0 Å². The maximum Gasteiger partial charge on any atom is 0.135 e. The molecule has 0 atom stereocenters. The Morgan fingerprint density at radius 3 is 1.85 bits per heavy atom. The number of hydrogen-bond donors (Lipinski definition) is 0. The Kier molecular flexibility index (Phi) is 4.70. The van der Waals surface area contributed by atoms with Crippen LogP contribution in [0, 0.1) is 0 Å². The zero-order valence-corrected chi connectivity index (χ0v) is 19.7. The Bertz CT molecular complexity index is 1670. The SMILES string of the molecule is CC(C)(C)c1nc(-c2ccc(-c3cccc4ccccc34)cc2)c2ccc3ccccc3c2n1. The summed E-state index contributed by atoms with van der Waals surface area (Å²) in [6.07, 6.45) is 0. The maximum absolute atomic E-state index is 5.09. The van der Waals surface area contributed by atoms with Gasteiger partial charge in [-0.25, -0.2) is 9.97 Å². The van der Waals surface area contributed by atoms with Gasteiger partial charge in [0.25, 0.3) is 0 Å². The molecule has 0 amide bonds. The number of benzene rings is 5. The molecule has 0 radical (unpaired) electrons. The van der Waals surface area contributed by atoms with Gasteiger partial charge in [-0.2, -0.15) is 0 Å². The van der Waals surface area contributed by atoms with Gasteiger partial charge in [0.05, 0.1) is 11.2 Å². The molecule has 34 heavy (non-hydrogen) atoms. The minimum absolute atomic E-state index is 0.150. The van der Waals surface area contributed by atoms with Crippen LogP contribution in [-0.4, -0.2) is 9.97 Å². The van der Waals surface area contributed by atoms with E-state index in [0.717, 1.165) is 28.0 Å². The van der Waals surface area contributed by atoms with Crippen molar-refractivity contribution in [2.24, 2.45) is 0 Å². The molecule has 2 heteroatoms. The molecule has 0 unspecified atom stereocenters. The van der Waals surface area contributed by atoms with E-state index >= 15 is 0 Å². The quantitative estimate of drug-likeness (QED) is 0.253. The van der Waals surface area contributed by atoms with Gasteiger partial charge in [-0.05, 0) is 33.4 Å². The summed E-state index contributed by atoms with van der Waals surface area (Å²) in [5, 5.41) is 5.98. The van der Waals surface area contributed by atoms with Crippen LogP contribution in [0.25, 0.3) is 54.8 Å². The Hall–Kier alpha value is -4.04. The second kappa shape index (κ2) is 7.78. The smallest absolute Gasteiger partial charge is 0.135 e. The van der Waals surface area contributed by atoms with Gasteiger partial charge >= 0.3 is 0 Å². The summed E-state index contributed by atoms with van der Waals surface area (Å²) in [5.74, 6) is 0.865. The van der Waals surface area contributed by atoms with E-state index in [-0.39, 0.29) is 5.41 Å². The molecule has 0 saturated carbocycles. The van der Waals surface area contributed by atoms with Crippen molar-refractivity contribution in [3.05, 3.63) is 109 Å². The maximum atomic E-state index is 5.09. The van der Waals surface area contributed by atoms with Crippen LogP contribution in [0.5, 0.6) is 0 Å². The molecule has 0 aliphatic carbocycles. The molecule has 0 spiro atoms. The number of fused-ring (bicyclic) bond motifs is 4. The average Bonchev–Trinajstić information content (AvgIpc) is 2.87. The molecule has 6 rings (SSSR count). The van der Waals surface area contributed by atoms with E-state index < -0.39 is 0 Å². The van der Waals surface area contributed by atoms with Crippen molar-refractivity contribution < 1.29 is 0 Å². The van der Waals surface area contributed by atoms with Crippen LogP contribution in [0.1, 0.15) is 26.6 Å². The van der Waals surface area contributed by atoms with Gasteiger partial charge in [0, 0.05) is 21.8 Å². The van der Waals surface area contributed by atoms with E-state index in [0.29, 0.717) is 0 Å². The number of aromatic nitrogens is 2. The topological polar surface area (TPSA) is 25.8 Å². The zero-order valence-electron chi connectivity index (χ0n) is 19.7. The lowest BCUT2D eigenvalue weighted by Gasteiger charge is -2.19. The van der Waals surface area contributed by atoms with E-state index in [9.17, 15) is 0 Å².